The minimum Gasteiger partial charge on any atom is -0.465 e. The van der Waals surface area contributed by atoms with Crippen LogP contribution in [-0.4, -0.2) is 107 Å². The highest BCUT2D eigenvalue weighted by atomic mass is 16.7. The second-order valence-electron chi connectivity index (χ2n) is 12.4. The highest BCUT2D eigenvalue weighted by molar-refractivity contribution is 5.80. The molecule has 6 atom stereocenters. The molecule has 1 unspecified atom stereocenters. The van der Waals surface area contributed by atoms with Crippen LogP contribution in [0.25, 0.3) is 11.1 Å². The average Bonchev–Trinajstić information content (AvgIpc) is 3.14. The van der Waals surface area contributed by atoms with Gasteiger partial charge in [-0.3, -0.25) is 19.2 Å². The number of esters is 3. The van der Waals surface area contributed by atoms with Gasteiger partial charge in [0.25, 0.3) is 5.79 Å². The first-order chi connectivity index (χ1) is 25.4. The zero-order valence-electron chi connectivity index (χ0n) is 30.9. The Kier molecular flexibility index (Phi) is 17.4. The van der Waals surface area contributed by atoms with E-state index in [0.717, 1.165) is 23.8 Å². The fourth-order valence-corrected chi connectivity index (χ4v) is 5.89. The lowest BCUT2D eigenvalue weighted by atomic mass is 9.83. The first-order valence-corrected chi connectivity index (χ1v) is 17.5. The van der Waals surface area contributed by atoms with Gasteiger partial charge in [-0.15, -0.1) is 6.42 Å². The summed E-state index contributed by atoms with van der Waals surface area (Å²) in [5.74, 6) is -3.59. The molecule has 2 aromatic carbocycles. The smallest absolute Gasteiger partial charge is 0.366 e. The minimum absolute atomic E-state index is 0.0209. The zero-order valence-corrected chi connectivity index (χ0v) is 30.9. The summed E-state index contributed by atoms with van der Waals surface area (Å²) >= 11 is 0. The van der Waals surface area contributed by atoms with Crippen molar-refractivity contribution in [2.75, 3.05) is 46.7 Å². The predicted molar refractivity (Wildman–Crippen MR) is 192 cm³/mol. The van der Waals surface area contributed by atoms with Gasteiger partial charge in [-0.2, -0.15) is 0 Å². The van der Waals surface area contributed by atoms with Gasteiger partial charge in [0.2, 0.25) is 11.8 Å². The lowest BCUT2D eigenvalue weighted by Gasteiger charge is -2.48. The monoisotopic (exact) mass is 738 g/mol. The van der Waals surface area contributed by atoms with Crippen LogP contribution in [0.4, 0.5) is 0 Å². The maximum Gasteiger partial charge on any atom is 0.366 e. The summed E-state index contributed by atoms with van der Waals surface area (Å²) in [6.07, 6.45) is 1.62. The molecule has 2 amide bonds. The molecule has 1 saturated heterocycles. The van der Waals surface area contributed by atoms with Crippen molar-refractivity contribution in [3.8, 4) is 23.5 Å². The van der Waals surface area contributed by atoms with Gasteiger partial charge in [0.1, 0.15) is 18.8 Å². The van der Waals surface area contributed by atoms with Crippen LogP contribution in [0, 0.1) is 18.3 Å². The van der Waals surface area contributed by atoms with Crippen molar-refractivity contribution >= 4 is 29.7 Å². The SMILES string of the molecule is C#CCOCCOCCOC1(C(=O)OC)C[C@H](OC(C)=O)[C@@H](NC(=O)CC)[C@H]([C@H](C)[C@@H](CNC(=O)Cc2ccc(-c3ccccc3)cc2)OC(C)=O)O1. The van der Waals surface area contributed by atoms with Gasteiger partial charge in [-0.25, -0.2) is 4.79 Å². The fraction of sp³-hybridized carbons (Fsp3) is 0.513. The van der Waals surface area contributed by atoms with Crippen molar-refractivity contribution in [3.05, 3.63) is 60.2 Å². The molecule has 0 saturated carbocycles. The van der Waals surface area contributed by atoms with Gasteiger partial charge in [0.15, 0.2) is 0 Å². The van der Waals surface area contributed by atoms with E-state index in [1.54, 1.807) is 13.8 Å². The van der Waals surface area contributed by atoms with Crippen molar-refractivity contribution < 1.29 is 57.1 Å². The molecule has 14 nitrogen and oxygen atoms in total. The molecule has 53 heavy (non-hydrogen) atoms. The molecule has 1 heterocycles. The Hall–Kier alpha value is -4.81. The quantitative estimate of drug-likeness (QED) is 0.0882. The molecular formula is C39H50N2O12. The van der Waals surface area contributed by atoms with Crippen molar-refractivity contribution in [2.24, 2.45) is 5.92 Å². The molecule has 0 bridgehead atoms. The molecule has 0 radical (unpaired) electrons. The van der Waals surface area contributed by atoms with Gasteiger partial charge in [-0.1, -0.05) is 74.4 Å². The number of hydrogen-bond donors (Lipinski definition) is 2. The van der Waals surface area contributed by atoms with E-state index < -0.39 is 59.9 Å². The molecule has 2 aromatic rings. The van der Waals surface area contributed by atoms with Crippen LogP contribution in [0.3, 0.4) is 0 Å². The van der Waals surface area contributed by atoms with E-state index in [9.17, 15) is 24.0 Å². The Bertz CT molecular complexity index is 1540. The van der Waals surface area contributed by atoms with Crippen LogP contribution >= 0.6 is 0 Å². The fourth-order valence-electron chi connectivity index (χ4n) is 5.89. The first kappa shape index (κ1) is 42.6. The maximum absolute atomic E-state index is 13.4. The third kappa shape index (κ3) is 13.3. The molecule has 0 aromatic heterocycles. The number of hydrogen-bond acceptors (Lipinski definition) is 12. The maximum atomic E-state index is 13.4. The summed E-state index contributed by atoms with van der Waals surface area (Å²) in [6, 6.07) is 16.4. The molecule has 3 rings (SSSR count). The van der Waals surface area contributed by atoms with Crippen LogP contribution in [-0.2, 0) is 63.6 Å². The summed E-state index contributed by atoms with van der Waals surface area (Å²) in [4.78, 5) is 64.1. The molecule has 14 heteroatoms. The van der Waals surface area contributed by atoms with E-state index in [2.05, 4.69) is 16.6 Å². The summed E-state index contributed by atoms with van der Waals surface area (Å²) < 4.78 is 39.6. The second-order valence-corrected chi connectivity index (χ2v) is 12.4. The minimum atomic E-state index is -2.12. The summed E-state index contributed by atoms with van der Waals surface area (Å²) in [6.45, 7) is 6.01. The standard InChI is InChI=1S/C39H50N2O12/c1-7-18-48-19-20-49-21-22-50-39(38(46)47-6)24-32(51-27(4)42)36(41-34(44)8-2)37(53-39)26(3)33(52-28(5)43)25-40-35(45)23-29-14-16-31(17-15-29)30-12-10-9-11-13-30/h1,9-17,26,32-33,36-37H,8,18-25H2,2-6H3,(H,40,45)(H,41,44)/t26-,32+,33-,36-,37+,39?/m1/s1. The van der Waals surface area contributed by atoms with Gasteiger partial charge in [-0.05, 0) is 16.7 Å². The van der Waals surface area contributed by atoms with E-state index >= 15 is 0 Å². The molecule has 0 aliphatic carbocycles. The second kappa shape index (κ2) is 21.7. The zero-order chi connectivity index (χ0) is 38.8. The van der Waals surface area contributed by atoms with Crippen LogP contribution in [0.1, 0.15) is 46.1 Å². The highest BCUT2D eigenvalue weighted by Crippen LogP contribution is 2.38. The van der Waals surface area contributed by atoms with Crippen LogP contribution < -0.4 is 10.6 Å². The lowest BCUT2D eigenvalue weighted by Crippen LogP contribution is -2.67. The van der Waals surface area contributed by atoms with Crippen molar-refractivity contribution in [2.45, 2.75) is 77.1 Å². The van der Waals surface area contributed by atoms with E-state index in [4.69, 9.17) is 39.6 Å². The topological polar surface area (TPSA) is 174 Å². The number of nitrogens with one attached hydrogen (secondary N) is 2. The van der Waals surface area contributed by atoms with Crippen molar-refractivity contribution in [1.82, 2.24) is 10.6 Å². The number of methoxy groups -OCH3 is 1. The molecule has 1 aliphatic heterocycles. The third-order valence-corrected chi connectivity index (χ3v) is 8.48. The molecule has 1 aliphatic rings. The van der Waals surface area contributed by atoms with Crippen LogP contribution in [0.5, 0.6) is 0 Å². The Morgan fingerprint density at radius 1 is 0.925 bits per heavy atom. The van der Waals surface area contributed by atoms with Gasteiger partial charge in [0, 0.05) is 26.2 Å². The number of carbonyl (C=O) groups excluding carboxylic acids is 5. The normalized spacial score (nSPS) is 20.6. The number of amides is 2. The number of rotatable bonds is 20. The highest BCUT2D eigenvalue weighted by Gasteiger charge is 2.57. The third-order valence-electron chi connectivity index (χ3n) is 8.48. The van der Waals surface area contributed by atoms with E-state index in [-0.39, 0.29) is 64.7 Å². The number of benzene rings is 2. The molecular weight excluding hydrogens is 688 g/mol. The summed E-state index contributed by atoms with van der Waals surface area (Å²) in [5.41, 5.74) is 2.83. The largest absolute Gasteiger partial charge is 0.465 e. The Morgan fingerprint density at radius 3 is 2.21 bits per heavy atom. The van der Waals surface area contributed by atoms with Crippen LogP contribution in [0.2, 0.25) is 0 Å². The molecule has 1 fully saturated rings. The molecule has 288 valence electrons. The van der Waals surface area contributed by atoms with Crippen molar-refractivity contribution in [3.63, 3.8) is 0 Å². The lowest BCUT2D eigenvalue weighted by molar-refractivity contribution is -0.309. The predicted octanol–water partition coefficient (Wildman–Crippen LogP) is 2.75. The Morgan fingerprint density at radius 2 is 1.58 bits per heavy atom. The Balaban J connectivity index is 1.84. The summed E-state index contributed by atoms with van der Waals surface area (Å²) in [7, 11) is 1.15. The Labute approximate surface area is 310 Å². The van der Waals surface area contributed by atoms with Gasteiger partial charge in [0.05, 0.1) is 65.1 Å². The first-order valence-electron chi connectivity index (χ1n) is 17.5. The van der Waals surface area contributed by atoms with E-state index in [0.29, 0.717) is 0 Å². The molecule has 2 N–H and O–H groups in total. The number of ether oxygens (including phenoxy) is 7. The van der Waals surface area contributed by atoms with E-state index in [1.165, 1.54) is 13.8 Å². The van der Waals surface area contributed by atoms with Gasteiger partial charge < -0.3 is 43.8 Å². The van der Waals surface area contributed by atoms with Crippen molar-refractivity contribution in [1.29, 1.82) is 0 Å². The summed E-state index contributed by atoms with van der Waals surface area (Å²) in [5, 5.41) is 5.67. The van der Waals surface area contributed by atoms with Gasteiger partial charge >= 0.3 is 17.9 Å². The van der Waals surface area contributed by atoms with E-state index in [1.807, 2.05) is 54.6 Å². The van der Waals surface area contributed by atoms with Crippen LogP contribution in [0.15, 0.2) is 54.6 Å². The number of terminal acetylenes is 1. The number of carbonyl (C=O) groups is 5. The molecule has 0 spiro atoms. The average molecular weight is 739 g/mol.